The maximum absolute atomic E-state index is 12.4. The number of rotatable bonds is 13. The van der Waals surface area contributed by atoms with E-state index in [2.05, 4.69) is 16.0 Å². The highest BCUT2D eigenvalue weighted by Gasteiger charge is 2.32. The molecule has 0 heterocycles. The number of aliphatic carboxylic acids is 1. The molecular formula is C15H26N6O8. The molecule has 0 aliphatic heterocycles. The first kappa shape index (κ1) is 25.7. The van der Waals surface area contributed by atoms with Crippen LogP contribution in [0.25, 0.3) is 0 Å². The first-order valence-corrected chi connectivity index (χ1v) is 8.46. The molecule has 0 radical (unpaired) electrons. The maximum atomic E-state index is 12.4. The fourth-order valence-electron chi connectivity index (χ4n) is 2.13. The summed E-state index contributed by atoms with van der Waals surface area (Å²) < 4.78 is 0. The number of carboxylic acid groups (broad SMARTS) is 1. The van der Waals surface area contributed by atoms with Crippen molar-refractivity contribution in [3.63, 3.8) is 0 Å². The highest BCUT2D eigenvalue weighted by atomic mass is 16.4. The summed E-state index contributed by atoms with van der Waals surface area (Å²) in [5.41, 5.74) is 15.1. The molecule has 0 rings (SSSR count). The molecule has 4 unspecified atom stereocenters. The first-order chi connectivity index (χ1) is 13.4. The van der Waals surface area contributed by atoms with Crippen LogP contribution in [0.1, 0.15) is 26.2 Å². The van der Waals surface area contributed by atoms with Crippen molar-refractivity contribution in [1.82, 2.24) is 16.0 Å². The van der Waals surface area contributed by atoms with E-state index in [4.69, 9.17) is 22.3 Å². The van der Waals surface area contributed by atoms with Crippen LogP contribution in [0.5, 0.6) is 0 Å². The topological polar surface area (TPSA) is 257 Å². The molecule has 0 aromatic heterocycles. The van der Waals surface area contributed by atoms with E-state index in [9.17, 15) is 33.9 Å². The molecule has 0 bridgehead atoms. The summed E-state index contributed by atoms with van der Waals surface area (Å²) in [6.07, 6.45) is -2.74. The fraction of sp³-hybridized carbons (Fsp3) is 0.600. The van der Waals surface area contributed by atoms with Crippen LogP contribution in [0.2, 0.25) is 0 Å². The van der Waals surface area contributed by atoms with E-state index in [-0.39, 0.29) is 12.8 Å². The zero-order valence-electron chi connectivity index (χ0n) is 15.7. The summed E-state index contributed by atoms with van der Waals surface area (Å²) >= 11 is 0. The van der Waals surface area contributed by atoms with Gasteiger partial charge in [0.2, 0.25) is 29.5 Å². The molecule has 0 saturated carbocycles. The van der Waals surface area contributed by atoms with Crippen molar-refractivity contribution in [3.8, 4) is 0 Å². The van der Waals surface area contributed by atoms with Crippen molar-refractivity contribution in [2.24, 2.45) is 17.2 Å². The van der Waals surface area contributed by atoms with Crippen LogP contribution in [0.3, 0.4) is 0 Å². The van der Waals surface area contributed by atoms with Crippen LogP contribution >= 0.6 is 0 Å². The third-order valence-corrected chi connectivity index (χ3v) is 3.60. The Labute approximate surface area is 165 Å². The number of aliphatic hydroxyl groups is 1. The summed E-state index contributed by atoms with van der Waals surface area (Å²) in [7, 11) is 0. The number of carboxylic acids is 1. The van der Waals surface area contributed by atoms with Gasteiger partial charge in [0.25, 0.3) is 0 Å². The van der Waals surface area contributed by atoms with Crippen molar-refractivity contribution in [3.05, 3.63) is 0 Å². The lowest BCUT2D eigenvalue weighted by molar-refractivity contribution is -0.143. The highest BCUT2D eigenvalue weighted by molar-refractivity contribution is 5.96. The monoisotopic (exact) mass is 418 g/mol. The van der Waals surface area contributed by atoms with Gasteiger partial charge in [0.05, 0.1) is 19.1 Å². The van der Waals surface area contributed by atoms with E-state index in [1.54, 1.807) is 0 Å². The van der Waals surface area contributed by atoms with Crippen LogP contribution < -0.4 is 33.2 Å². The van der Waals surface area contributed by atoms with Crippen LogP contribution in [0.4, 0.5) is 0 Å². The van der Waals surface area contributed by atoms with Gasteiger partial charge in [-0.2, -0.15) is 0 Å². The lowest BCUT2D eigenvalue weighted by Gasteiger charge is -2.25. The van der Waals surface area contributed by atoms with E-state index in [0.717, 1.165) is 0 Å². The molecule has 0 spiro atoms. The summed E-state index contributed by atoms with van der Waals surface area (Å²) in [6.45, 7) is 0.719. The molecule has 0 aliphatic rings. The van der Waals surface area contributed by atoms with E-state index in [1.807, 2.05) is 0 Å². The average Bonchev–Trinajstić information content (AvgIpc) is 2.60. The largest absolute Gasteiger partial charge is 0.480 e. The molecule has 0 aliphatic carbocycles. The third kappa shape index (κ3) is 10.0. The molecule has 29 heavy (non-hydrogen) atoms. The van der Waals surface area contributed by atoms with Crippen molar-refractivity contribution < 1.29 is 39.0 Å². The second-order valence-electron chi connectivity index (χ2n) is 6.13. The number of hydrogen-bond acceptors (Lipinski definition) is 8. The summed E-state index contributed by atoms with van der Waals surface area (Å²) in [6, 6.07) is -4.63. The lowest BCUT2D eigenvalue weighted by Crippen LogP contribution is -2.59. The van der Waals surface area contributed by atoms with E-state index in [1.165, 1.54) is 6.92 Å². The Kier molecular flexibility index (Phi) is 10.9. The smallest absolute Gasteiger partial charge is 0.326 e. The zero-order valence-corrected chi connectivity index (χ0v) is 15.7. The number of aliphatic hydroxyl groups excluding tert-OH is 1. The Hall–Kier alpha value is -3.26. The van der Waals surface area contributed by atoms with Crippen molar-refractivity contribution in [2.45, 2.75) is 50.4 Å². The molecule has 0 aromatic rings. The standard InChI is InChI=1S/C15H26N6O8/c1-6(22)12(21-11(25)5-16)14(27)20-8(4-10(18)24)13(26)19-7(15(28)29)2-3-9(17)23/h6-8,12,22H,2-5,16H2,1H3,(H2,17,23)(H2,18,24)(H,19,26)(H,20,27)(H,21,25)(H,28,29). The number of carbonyl (C=O) groups excluding carboxylic acids is 5. The van der Waals surface area contributed by atoms with E-state index in [0.29, 0.717) is 0 Å². The SMILES string of the molecule is CC(O)C(NC(=O)CN)C(=O)NC(CC(N)=O)C(=O)NC(CCC(N)=O)C(=O)O. The van der Waals surface area contributed by atoms with Gasteiger partial charge < -0.3 is 43.4 Å². The summed E-state index contributed by atoms with van der Waals surface area (Å²) in [4.78, 5) is 69.4. The van der Waals surface area contributed by atoms with E-state index >= 15 is 0 Å². The quantitative estimate of drug-likeness (QED) is 0.142. The van der Waals surface area contributed by atoms with Crippen molar-refractivity contribution in [1.29, 1.82) is 0 Å². The fourth-order valence-corrected chi connectivity index (χ4v) is 2.13. The molecule has 0 aromatic carbocycles. The molecule has 14 heteroatoms. The van der Waals surface area contributed by atoms with Gasteiger partial charge >= 0.3 is 5.97 Å². The predicted molar refractivity (Wildman–Crippen MR) is 96.4 cm³/mol. The highest BCUT2D eigenvalue weighted by Crippen LogP contribution is 2.02. The summed E-state index contributed by atoms with van der Waals surface area (Å²) in [5.74, 6) is -6.13. The Morgan fingerprint density at radius 3 is 1.86 bits per heavy atom. The Balaban J connectivity index is 5.35. The Morgan fingerprint density at radius 1 is 0.897 bits per heavy atom. The van der Waals surface area contributed by atoms with Crippen molar-refractivity contribution in [2.75, 3.05) is 6.54 Å². The molecule has 14 nitrogen and oxygen atoms in total. The van der Waals surface area contributed by atoms with Crippen molar-refractivity contribution >= 4 is 35.5 Å². The lowest BCUT2D eigenvalue weighted by atomic mass is 10.1. The van der Waals surface area contributed by atoms with Gasteiger partial charge in [-0.05, 0) is 13.3 Å². The van der Waals surface area contributed by atoms with Gasteiger partial charge in [-0.15, -0.1) is 0 Å². The number of carbonyl (C=O) groups is 6. The zero-order chi connectivity index (χ0) is 22.7. The predicted octanol–water partition coefficient (Wildman–Crippen LogP) is -4.99. The first-order valence-electron chi connectivity index (χ1n) is 8.46. The van der Waals surface area contributed by atoms with Gasteiger partial charge in [-0.3, -0.25) is 24.0 Å². The number of nitrogens with two attached hydrogens (primary N) is 3. The number of amides is 5. The van der Waals surface area contributed by atoms with Gasteiger partial charge in [0, 0.05) is 6.42 Å². The van der Waals surface area contributed by atoms with Crippen LogP contribution in [0.15, 0.2) is 0 Å². The van der Waals surface area contributed by atoms with Gasteiger partial charge in [-0.1, -0.05) is 0 Å². The molecule has 0 saturated heterocycles. The minimum Gasteiger partial charge on any atom is -0.480 e. The molecule has 4 atom stereocenters. The number of nitrogens with one attached hydrogen (secondary N) is 3. The molecule has 164 valence electrons. The molecule has 5 amide bonds. The summed E-state index contributed by atoms with van der Waals surface area (Å²) in [5, 5.41) is 25.1. The normalized spacial score (nSPS) is 14.6. The van der Waals surface area contributed by atoms with Gasteiger partial charge in [-0.25, -0.2) is 4.79 Å². The van der Waals surface area contributed by atoms with Gasteiger partial charge in [0.15, 0.2) is 0 Å². The molecule has 0 fully saturated rings. The minimum absolute atomic E-state index is 0.323. The van der Waals surface area contributed by atoms with E-state index < -0.39 is 72.7 Å². The van der Waals surface area contributed by atoms with Crippen LogP contribution in [-0.2, 0) is 28.8 Å². The van der Waals surface area contributed by atoms with Gasteiger partial charge in [0.1, 0.15) is 18.1 Å². The number of primary amides is 2. The average molecular weight is 418 g/mol. The van der Waals surface area contributed by atoms with Crippen LogP contribution in [-0.4, -0.2) is 76.5 Å². The minimum atomic E-state index is -1.61. The van der Waals surface area contributed by atoms with Crippen LogP contribution in [0, 0.1) is 0 Å². The molecular weight excluding hydrogens is 392 g/mol. The maximum Gasteiger partial charge on any atom is 0.326 e. The Morgan fingerprint density at radius 2 is 1.45 bits per heavy atom. The second kappa shape index (κ2) is 12.2. The number of hydrogen-bond donors (Lipinski definition) is 8. The third-order valence-electron chi connectivity index (χ3n) is 3.60. The Bertz CT molecular complexity index is 653. The molecule has 11 N–H and O–H groups in total. The second-order valence-corrected chi connectivity index (χ2v) is 6.13.